The summed E-state index contributed by atoms with van der Waals surface area (Å²) in [6, 6.07) is 25.9. The second kappa shape index (κ2) is 9.45. The third kappa shape index (κ3) is 5.03. The van der Waals surface area contributed by atoms with E-state index < -0.39 is 10.0 Å². The molecule has 1 N–H and O–H groups in total. The van der Waals surface area contributed by atoms with Crippen molar-refractivity contribution >= 4 is 15.9 Å². The van der Waals surface area contributed by atoms with Crippen LogP contribution in [0.3, 0.4) is 0 Å². The van der Waals surface area contributed by atoms with E-state index in [-0.39, 0.29) is 16.8 Å². The van der Waals surface area contributed by atoms with Crippen LogP contribution in [0.2, 0.25) is 0 Å². The first-order chi connectivity index (χ1) is 15.0. The maximum atomic E-state index is 13.1. The summed E-state index contributed by atoms with van der Waals surface area (Å²) in [5.41, 5.74) is 2.46. The molecule has 0 aliphatic carbocycles. The van der Waals surface area contributed by atoms with Gasteiger partial charge in [-0.3, -0.25) is 4.79 Å². The van der Waals surface area contributed by atoms with Crippen molar-refractivity contribution in [3.05, 3.63) is 102 Å². The van der Waals surface area contributed by atoms with Crippen LogP contribution < -0.4 is 5.32 Å². The predicted octanol–water partition coefficient (Wildman–Crippen LogP) is 4.18. The number of hydrogen-bond donors (Lipinski definition) is 1. The lowest BCUT2D eigenvalue weighted by Gasteiger charge is -2.20. The molecule has 1 fully saturated rings. The Morgan fingerprint density at radius 3 is 2.19 bits per heavy atom. The largest absolute Gasteiger partial charge is 0.345 e. The van der Waals surface area contributed by atoms with Gasteiger partial charge in [0.25, 0.3) is 5.91 Å². The predicted molar refractivity (Wildman–Crippen MR) is 121 cm³/mol. The molecule has 3 aromatic carbocycles. The quantitative estimate of drug-likeness (QED) is 0.607. The number of sulfonamides is 1. The van der Waals surface area contributed by atoms with Crippen molar-refractivity contribution in [1.29, 1.82) is 0 Å². The number of amides is 1. The van der Waals surface area contributed by atoms with Crippen molar-refractivity contribution in [2.75, 3.05) is 13.1 Å². The van der Waals surface area contributed by atoms with Gasteiger partial charge in [0.15, 0.2) is 0 Å². The van der Waals surface area contributed by atoms with Crippen LogP contribution in [0.15, 0.2) is 89.8 Å². The zero-order valence-electron chi connectivity index (χ0n) is 17.3. The van der Waals surface area contributed by atoms with Gasteiger partial charge >= 0.3 is 0 Å². The Bertz CT molecular complexity index is 1130. The van der Waals surface area contributed by atoms with Crippen molar-refractivity contribution in [3.8, 4) is 0 Å². The van der Waals surface area contributed by atoms with Gasteiger partial charge in [0, 0.05) is 18.7 Å². The molecule has 0 radical (unpaired) electrons. The van der Waals surface area contributed by atoms with E-state index in [2.05, 4.69) is 5.32 Å². The highest BCUT2D eigenvalue weighted by Gasteiger charge is 2.28. The average Bonchev–Trinajstić information content (AvgIpc) is 3.36. The van der Waals surface area contributed by atoms with Crippen LogP contribution >= 0.6 is 0 Å². The number of nitrogens with zero attached hydrogens (tertiary/aromatic N) is 1. The lowest BCUT2D eigenvalue weighted by molar-refractivity contribution is 0.0936. The fourth-order valence-corrected chi connectivity index (χ4v) is 5.47. The van der Waals surface area contributed by atoms with Crippen LogP contribution in [-0.4, -0.2) is 31.7 Å². The summed E-state index contributed by atoms with van der Waals surface area (Å²) in [5.74, 6) is -0.289. The molecule has 0 saturated carbocycles. The summed E-state index contributed by atoms with van der Waals surface area (Å²) in [6.07, 6.45) is 2.39. The number of hydrogen-bond acceptors (Lipinski definition) is 3. The second-order valence-corrected chi connectivity index (χ2v) is 9.70. The second-order valence-electron chi connectivity index (χ2n) is 7.77. The Hall–Kier alpha value is -2.96. The summed E-state index contributed by atoms with van der Waals surface area (Å²) >= 11 is 0. The van der Waals surface area contributed by atoms with Gasteiger partial charge in [-0.15, -0.1) is 0 Å². The van der Waals surface area contributed by atoms with Crippen LogP contribution in [0.25, 0.3) is 0 Å². The molecule has 3 aromatic rings. The van der Waals surface area contributed by atoms with Gasteiger partial charge in [-0.2, -0.15) is 4.31 Å². The van der Waals surface area contributed by atoms with E-state index in [4.69, 9.17) is 0 Å². The first-order valence-electron chi connectivity index (χ1n) is 10.5. The first kappa shape index (κ1) is 21.3. The van der Waals surface area contributed by atoms with Gasteiger partial charge in [0.1, 0.15) is 0 Å². The van der Waals surface area contributed by atoms with Gasteiger partial charge in [-0.25, -0.2) is 8.42 Å². The van der Waals surface area contributed by atoms with Crippen molar-refractivity contribution < 1.29 is 13.2 Å². The molecule has 6 heteroatoms. The molecule has 0 spiro atoms. The summed E-state index contributed by atoms with van der Waals surface area (Å²) in [5, 5.41) is 3.10. The molecular weight excluding hydrogens is 408 g/mol. The topological polar surface area (TPSA) is 66.5 Å². The zero-order valence-corrected chi connectivity index (χ0v) is 18.1. The maximum Gasteiger partial charge on any atom is 0.251 e. The van der Waals surface area contributed by atoms with Gasteiger partial charge < -0.3 is 5.32 Å². The SMILES string of the molecule is O=C(NC(Cc1ccccc1)c1ccccc1)c1cccc(S(=O)(=O)N2CCCC2)c1. The number of carbonyl (C=O) groups is 1. The molecule has 31 heavy (non-hydrogen) atoms. The van der Waals surface area contributed by atoms with E-state index in [1.54, 1.807) is 18.2 Å². The van der Waals surface area contributed by atoms with E-state index in [1.165, 1.54) is 10.4 Å². The number of nitrogens with one attached hydrogen (secondary N) is 1. The molecule has 1 saturated heterocycles. The van der Waals surface area contributed by atoms with Crippen LogP contribution in [-0.2, 0) is 16.4 Å². The van der Waals surface area contributed by atoms with Crippen LogP contribution in [0.4, 0.5) is 0 Å². The minimum Gasteiger partial charge on any atom is -0.345 e. The van der Waals surface area contributed by atoms with Crippen LogP contribution in [0, 0.1) is 0 Å². The van der Waals surface area contributed by atoms with Gasteiger partial charge in [-0.1, -0.05) is 66.7 Å². The highest BCUT2D eigenvalue weighted by molar-refractivity contribution is 7.89. The van der Waals surface area contributed by atoms with Gasteiger partial charge in [0.2, 0.25) is 10.0 Å². The van der Waals surface area contributed by atoms with E-state index in [0.717, 1.165) is 24.0 Å². The molecule has 1 aliphatic heterocycles. The molecule has 1 amide bonds. The maximum absolute atomic E-state index is 13.1. The summed E-state index contributed by atoms with van der Waals surface area (Å²) < 4.78 is 27.3. The minimum atomic E-state index is -3.57. The smallest absolute Gasteiger partial charge is 0.251 e. The van der Waals surface area contributed by atoms with E-state index in [9.17, 15) is 13.2 Å². The number of benzene rings is 3. The number of rotatable bonds is 7. The Morgan fingerprint density at radius 1 is 0.871 bits per heavy atom. The average molecular weight is 435 g/mol. The van der Waals surface area contributed by atoms with Crippen molar-refractivity contribution in [3.63, 3.8) is 0 Å². The monoisotopic (exact) mass is 434 g/mol. The Morgan fingerprint density at radius 2 is 1.52 bits per heavy atom. The summed E-state index contributed by atoms with van der Waals surface area (Å²) in [6.45, 7) is 1.07. The molecule has 4 rings (SSSR count). The van der Waals surface area contributed by atoms with Crippen molar-refractivity contribution in [2.24, 2.45) is 0 Å². The van der Waals surface area contributed by atoms with E-state index >= 15 is 0 Å². The summed E-state index contributed by atoms with van der Waals surface area (Å²) in [4.78, 5) is 13.3. The summed E-state index contributed by atoms with van der Waals surface area (Å²) in [7, 11) is -3.57. The zero-order chi connectivity index (χ0) is 21.7. The molecule has 1 atom stereocenters. The third-order valence-electron chi connectivity index (χ3n) is 5.59. The van der Waals surface area contributed by atoms with Gasteiger partial charge in [0.05, 0.1) is 10.9 Å². The molecule has 5 nitrogen and oxygen atoms in total. The minimum absolute atomic E-state index is 0.168. The lowest BCUT2D eigenvalue weighted by Crippen LogP contribution is -2.31. The normalized spacial score (nSPS) is 15.5. The number of carbonyl (C=O) groups excluding carboxylic acids is 1. The fourth-order valence-electron chi connectivity index (χ4n) is 3.90. The Balaban J connectivity index is 1.57. The van der Waals surface area contributed by atoms with E-state index in [0.29, 0.717) is 25.1 Å². The highest BCUT2D eigenvalue weighted by atomic mass is 32.2. The van der Waals surface area contributed by atoms with Crippen LogP contribution in [0.5, 0.6) is 0 Å². The molecule has 1 aliphatic rings. The Labute approximate surface area is 183 Å². The fraction of sp³-hybridized carbons (Fsp3) is 0.240. The van der Waals surface area contributed by atoms with Gasteiger partial charge in [-0.05, 0) is 48.6 Å². The standard InChI is InChI=1S/C25H26N2O3S/c28-25(22-14-9-15-23(19-22)31(29,30)27-16-7-8-17-27)26-24(21-12-5-2-6-13-21)18-20-10-3-1-4-11-20/h1-6,9-15,19,24H,7-8,16-18H2,(H,26,28). The highest BCUT2D eigenvalue weighted by Crippen LogP contribution is 2.23. The van der Waals surface area contributed by atoms with Crippen molar-refractivity contribution in [1.82, 2.24) is 9.62 Å². The molecule has 0 aromatic heterocycles. The van der Waals surface area contributed by atoms with Crippen LogP contribution in [0.1, 0.15) is 40.4 Å². The van der Waals surface area contributed by atoms with Crippen molar-refractivity contribution in [2.45, 2.75) is 30.2 Å². The lowest BCUT2D eigenvalue weighted by atomic mass is 9.98. The Kier molecular flexibility index (Phi) is 6.49. The molecule has 1 unspecified atom stereocenters. The molecule has 1 heterocycles. The molecular formula is C25H26N2O3S. The van der Waals surface area contributed by atoms with E-state index in [1.807, 2.05) is 60.7 Å². The third-order valence-corrected chi connectivity index (χ3v) is 7.48. The molecule has 0 bridgehead atoms. The first-order valence-corrected chi connectivity index (χ1v) is 12.0. The molecule has 160 valence electrons.